The molecule has 0 spiro atoms. The van der Waals surface area contributed by atoms with E-state index in [-0.39, 0.29) is 6.42 Å². The van der Waals surface area contributed by atoms with Crippen LogP contribution in [-0.4, -0.2) is 11.1 Å². The van der Waals surface area contributed by atoms with Gasteiger partial charge in [-0.1, -0.05) is 23.8 Å². The monoisotopic (exact) mass is 202 g/mol. The van der Waals surface area contributed by atoms with Crippen molar-refractivity contribution in [2.24, 2.45) is 0 Å². The molecule has 0 fully saturated rings. The van der Waals surface area contributed by atoms with E-state index in [0.29, 0.717) is 4.34 Å². The van der Waals surface area contributed by atoms with E-state index in [1.54, 1.807) is 12.2 Å². The van der Waals surface area contributed by atoms with E-state index in [1.165, 1.54) is 11.3 Å². The van der Waals surface area contributed by atoms with Gasteiger partial charge in [0.05, 0.1) is 6.42 Å². The third-order valence-electron chi connectivity index (χ3n) is 1.24. The molecule has 0 radical (unpaired) electrons. The van der Waals surface area contributed by atoms with Gasteiger partial charge in [-0.25, -0.2) is 0 Å². The zero-order valence-electron chi connectivity index (χ0n) is 6.16. The highest BCUT2D eigenvalue weighted by Crippen LogP contribution is 2.23. The normalized spacial score (nSPS) is 10.8. The maximum atomic E-state index is 10.1. The summed E-state index contributed by atoms with van der Waals surface area (Å²) in [5.41, 5.74) is 0.878. The molecule has 1 heterocycles. The first-order valence-electron chi connectivity index (χ1n) is 3.31. The fourth-order valence-corrected chi connectivity index (χ4v) is 1.59. The Morgan fingerprint density at radius 1 is 1.75 bits per heavy atom. The van der Waals surface area contributed by atoms with Crippen molar-refractivity contribution in [1.82, 2.24) is 0 Å². The lowest BCUT2D eigenvalue weighted by molar-refractivity contribution is -0.135. The van der Waals surface area contributed by atoms with E-state index in [2.05, 4.69) is 0 Å². The molecule has 0 aromatic carbocycles. The molecule has 0 aliphatic heterocycles. The molecule has 1 N–H and O–H groups in total. The first-order chi connectivity index (χ1) is 5.70. The van der Waals surface area contributed by atoms with Crippen LogP contribution in [0.5, 0.6) is 0 Å². The third-order valence-corrected chi connectivity index (χ3v) is 2.44. The molecule has 12 heavy (non-hydrogen) atoms. The Morgan fingerprint density at radius 3 is 3.00 bits per heavy atom. The van der Waals surface area contributed by atoms with Crippen LogP contribution >= 0.6 is 22.9 Å². The summed E-state index contributed by atoms with van der Waals surface area (Å²) < 4.78 is 0.691. The van der Waals surface area contributed by atoms with Crippen molar-refractivity contribution in [3.63, 3.8) is 0 Å². The largest absolute Gasteiger partial charge is 0.481 e. The predicted octanol–water partition coefficient (Wildman–Crippen LogP) is 2.89. The van der Waals surface area contributed by atoms with Crippen LogP contribution < -0.4 is 0 Å². The maximum absolute atomic E-state index is 10.1. The van der Waals surface area contributed by atoms with E-state index >= 15 is 0 Å². The fraction of sp³-hybridized carbons (Fsp3) is 0.125. The van der Waals surface area contributed by atoms with E-state index in [1.807, 2.05) is 11.4 Å². The van der Waals surface area contributed by atoms with Crippen LogP contribution in [0.25, 0.3) is 6.08 Å². The van der Waals surface area contributed by atoms with Crippen molar-refractivity contribution in [3.05, 3.63) is 27.4 Å². The molecular weight excluding hydrogens is 196 g/mol. The highest BCUT2D eigenvalue weighted by molar-refractivity contribution is 7.14. The zero-order valence-corrected chi connectivity index (χ0v) is 7.73. The minimum Gasteiger partial charge on any atom is -0.481 e. The average Bonchev–Trinajstić information content (AvgIpc) is 2.36. The Morgan fingerprint density at radius 2 is 2.50 bits per heavy atom. The van der Waals surface area contributed by atoms with Gasteiger partial charge >= 0.3 is 5.97 Å². The van der Waals surface area contributed by atoms with Crippen LogP contribution in [0.2, 0.25) is 4.34 Å². The molecule has 0 aliphatic carbocycles. The molecule has 0 aliphatic rings. The summed E-state index contributed by atoms with van der Waals surface area (Å²) in [7, 11) is 0. The quantitative estimate of drug-likeness (QED) is 0.819. The van der Waals surface area contributed by atoms with E-state index in [0.717, 1.165) is 5.56 Å². The van der Waals surface area contributed by atoms with Crippen molar-refractivity contribution in [2.45, 2.75) is 6.42 Å². The molecule has 0 atom stereocenters. The summed E-state index contributed by atoms with van der Waals surface area (Å²) in [6.07, 6.45) is 3.33. The summed E-state index contributed by atoms with van der Waals surface area (Å²) in [5.74, 6) is -0.836. The predicted molar refractivity (Wildman–Crippen MR) is 50.6 cm³/mol. The van der Waals surface area contributed by atoms with Crippen molar-refractivity contribution in [1.29, 1.82) is 0 Å². The van der Waals surface area contributed by atoms with Crippen molar-refractivity contribution >= 4 is 35.0 Å². The van der Waals surface area contributed by atoms with Gasteiger partial charge in [0.2, 0.25) is 0 Å². The molecule has 64 valence electrons. The zero-order chi connectivity index (χ0) is 8.97. The molecule has 4 heteroatoms. The molecule has 0 bridgehead atoms. The summed E-state index contributed by atoms with van der Waals surface area (Å²) in [6.45, 7) is 0. The van der Waals surface area contributed by atoms with Crippen molar-refractivity contribution < 1.29 is 9.90 Å². The minimum atomic E-state index is -0.836. The van der Waals surface area contributed by atoms with Gasteiger partial charge in [-0.05, 0) is 11.4 Å². The van der Waals surface area contributed by atoms with Crippen LogP contribution in [0, 0.1) is 0 Å². The Kier molecular flexibility index (Phi) is 3.31. The first kappa shape index (κ1) is 9.29. The molecule has 1 aromatic rings. The molecule has 0 saturated heterocycles. The lowest BCUT2D eigenvalue weighted by atomic mass is 10.3. The first-order valence-corrected chi connectivity index (χ1v) is 4.57. The van der Waals surface area contributed by atoms with Gasteiger partial charge < -0.3 is 5.11 Å². The number of hydrogen-bond acceptors (Lipinski definition) is 2. The second kappa shape index (κ2) is 4.28. The number of aliphatic carboxylic acids is 1. The van der Waals surface area contributed by atoms with Crippen molar-refractivity contribution in [3.8, 4) is 0 Å². The average molecular weight is 203 g/mol. The number of halogens is 1. The van der Waals surface area contributed by atoms with Gasteiger partial charge in [-0.2, -0.15) is 0 Å². The molecule has 1 rings (SSSR count). The van der Waals surface area contributed by atoms with Crippen LogP contribution in [0.1, 0.15) is 12.0 Å². The van der Waals surface area contributed by atoms with Crippen LogP contribution in [0.15, 0.2) is 17.5 Å². The SMILES string of the molecule is O=C(O)CC=Cc1ccsc1Cl. The van der Waals surface area contributed by atoms with Gasteiger partial charge in [0, 0.05) is 5.56 Å². The highest BCUT2D eigenvalue weighted by Gasteiger charge is 1.96. The summed E-state index contributed by atoms with van der Waals surface area (Å²) >= 11 is 7.20. The van der Waals surface area contributed by atoms with Gasteiger partial charge in [-0.15, -0.1) is 11.3 Å². The molecule has 1 aromatic heterocycles. The van der Waals surface area contributed by atoms with E-state index in [4.69, 9.17) is 16.7 Å². The molecule has 0 amide bonds. The molecule has 0 unspecified atom stereocenters. The lowest BCUT2D eigenvalue weighted by Gasteiger charge is -1.86. The number of rotatable bonds is 3. The van der Waals surface area contributed by atoms with Crippen LogP contribution in [-0.2, 0) is 4.79 Å². The Balaban J connectivity index is 2.57. The van der Waals surface area contributed by atoms with Gasteiger partial charge in [0.25, 0.3) is 0 Å². The van der Waals surface area contributed by atoms with Gasteiger partial charge in [0.1, 0.15) is 4.34 Å². The number of carboxylic acids is 1. The van der Waals surface area contributed by atoms with E-state index < -0.39 is 5.97 Å². The Labute approximate surface area is 79.1 Å². The highest BCUT2D eigenvalue weighted by atomic mass is 35.5. The van der Waals surface area contributed by atoms with Gasteiger partial charge in [0.15, 0.2) is 0 Å². The summed E-state index contributed by atoms with van der Waals surface area (Å²) in [5, 5.41) is 10.2. The number of carboxylic acid groups (broad SMARTS) is 1. The minimum absolute atomic E-state index is 0.0339. The van der Waals surface area contributed by atoms with Crippen LogP contribution in [0.4, 0.5) is 0 Å². The van der Waals surface area contributed by atoms with E-state index in [9.17, 15) is 4.79 Å². The number of thiophene rings is 1. The smallest absolute Gasteiger partial charge is 0.307 e. The fourth-order valence-electron chi connectivity index (χ4n) is 0.708. The Hall–Kier alpha value is -0.800. The molecule has 0 saturated carbocycles. The topological polar surface area (TPSA) is 37.3 Å². The Bertz CT molecular complexity index is 304. The lowest BCUT2D eigenvalue weighted by Crippen LogP contribution is -1.89. The van der Waals surface area contributed by atoms with Crippen molar-refractivity contribution in [2.75, 3.05) is 0 Å². The number of carbonyl (C=O) groups is 1. The maximum Gasteiger partial charge on any atom is 0.307 e. The molecule has 2 nitrogen and oxygen atoms in total. The van der Waals surface area contributed by atoms with Gasteiger partial charge in [-0.3, -0.25) is 4.79 Å². The number of hydrogen-bond donors (Lipinski definition) is 1. The summed E-state index contributed by atoms with van der Waals surface area (Å²) in [4.78, 5) is 10.1. The molecular formula is C8H7ClO2S. The standard InChI is InChI=1S/C8H7ClO2S/c9-8-6(4-5-12-8)2-1-3-7(10)11/h1-2,4-5H,3H2,(H,10,11). The third kappa shape index (κ3) is 2.68. The van der Waals surface area contributed by atoms with Crippen LogP contribution in [0.3, 0.4) is 0 Å². The second-order valence-corrected chi connectivity index (χ2v) is 3.67. The second-order valence-electron chi connectivity index (χ2n) is 2.15. The summed E-state index contributed by atoms with van der Waals surface area (Å²) in [6, 6.07) is 1.85.